The quantitative estimate of drug-likeness (QED) is 0.730. The molecule has 0 bridgehead atoms. The van der Waals surface area contributed by atoms with Crippen molar-refractivity contribution in [2.75, 3.05) is 17.6 Å². The fourth-order valence-electron chi connectivity index (χ4n) is 2.90. The second-order valence-corrected chi connectivity index (χ2v) is 5.95. The molecule has 1 aromatic carbocycles. The van der Waals surface area contributed by atoms with Crippen LogP contribution < -0.4 is 11.1 Å². The van der Waals surface area contributed by atoms with E-state index in [1.165, 1.54) is 6.42 Å². The number of rotatable bonds is 4. The van der Waals surface area contributed by atoms with E-state index in [1.807, 2.05) is 25.1 Å². The number of aliphatic hydroxyl groups is 1. The Bertz CT molecular complexity index is 423. The van der Waals surface area contributed by atoms with Crippen molar-refractivity contribution in [3.8, 4) is 0 Å². The van der Waals surface area contributed by atoms with Crippen LogP contribution in [0.15, 0.2) is 18.2 Å². The first kappa shape index (κ1) is 14.2. The molecule has 106 valence electrons. The first-order chi connectivity index (χ1) is 9.04. The van der Waals surface area contributed by atoms with Gasteiger partial charge in [-0.3, -0.25) is 0 Å². The minimum Gasteiger partial charge on any atom is -0.398 e. The Morgan fingerprint density at radius 2 is 2.05 bits per heavy atom. The first-order valence-corrected chi connectivity index (χ1v) is 7.35. The maximum atomic E-state index is 10.6. The fraction of sp³-hybridized carbons (Fsp3) is 0.625. The molecule has 3 nitrogen and oxygen atoms in total. The van der Waals surface area contributed by atoms with Crippen LogP contribution in [0.25, 0.3) is 0 Å². The lowest BCUT2D eigenvalue weighted by atomic mass is 9.78. The molecule has 0 saturated heterocycles. The van der Waals surface area contributed by atoms with Crippen molar-refractivity contribution in [3.63, 3.8) is 0 Å². The van der Waals surface area contributed by atoms with Crippen LogP contribution in [0.4, 0.5) is 11.4 Å². The molecule has 0 amide bonds. The molecule has 1 fully saturated rings. The van der Waals surface area contributed by atoms with E-state index in [1.54, 1.807) is 0 Å². The van der Waals surface area contributed by atoms with Crippen LogP contribution in [0.3, 0.4) is 0 Å². The Hall–Kier alpha value is -1.22. The van der Waals surface area contributed by atoms with Gasteiger partial charge in [0, 0.05) is 17.9 Å². The van der Waals surface area contributed by atoms with E-state index < -0.39 is 5.60 Å². The highest BCUT2D eigenvalue weighted by Gasteiger charge is 2.32. The van der Waals surface area contributed by atoms with Crippen molar-refractivity contribution in [3.05, 3.63) is 23.8 Å². The molecule has 3 heteroatoms. The monoisotopic (exact) mass is 262 g/mol. The molecule has 0 unspecified atom stereocenters. The van der Waals surface area contributed by atoms with Crippen LogP contribution in [0.2, 0.25) is 0 Å². The minimum absolute atomic E-state index is 0.553. The van der Waals surface area contributed by atoms with Crippen LogP contribution in [0, 0.1) is 12.8 Å². The zero-order valence-corrected chi connectivity index (χ0v) is 12.1. The van der Waals surface area contributed by atoms with Crippen molar-refractivity contribution in [2.24, 2.45) is 5.92 Å². The SMILES string of the molecule is CCC1CCC(O)(CNc2cccc(N)c2C)CC1. The maximum absolute atomic E-state index is 10.6. The topological polar surface area (TPSA) is 58.3 Å². The number of hydrogen-bond donors (Lipinski definition) is 3. The molecule has 0 spiro atoms. The molecule has 1 aromatic rings. The van der Waals surface area contributed by atoms with Crippen molar-refractivity contribution in [2.45, 2.75) is 51.6 Å². The Morgan fingerprint density at radius 1 is 1.37 bits per heavy atom. The summed E-state index contributed by atoms with van der Waals surface area (Å²) in [4.78, 5) is 0. The van der Waals surface area contributed by atoms with Gasteiger partial charge in [-0.05, 0) is 56.2 Å². The summed E-state index contributed by atoms with van der Waals surface area (Å²) in [7, 11) is 0. The average Bonchev–Trinajstić information content (AvgIpc) is 2.41. The first-order valence-electron chi connectivity index (χ1n) is 7.35. The zero-order chi connectivity index (χ0) is 13.9. The molecule has 0 radical (unpaired) electrons. The number of benzene rings is 1. The second-order valence-electron chi connectivity index (χ2n) is 5.95. The average molecular weight is 262 g/mol. The predicted molar refractivity (Wildman–Crippen MR) is 81.3 cm³/mol. The summed E-state index contributed by atoms with van der Waals surface area (Å²) < 4.78 is 0. The van der Waals surface area contributed by atoms with E-state index in [-0.39, 0.29) is 0 Å². The lowest BCUT2D eigenvalue weighted by molar-refractivity contribution is 0.00229. The lowest BCUT2D eigenvalue weighted by Gasteiger charge is -2.36. The van der Waals surface area contributed by atoms with Crippen LogP contribution >= 0.6 is 0 Å². The third-order valence-electron chi connectivity index (χ3n) is 4.60. The summed E-state index contributed by atoms with van der Waals surface area (Å²) >= 11 is 0. The van der Waals surface area contributed by atoms with Gasteiger partial charge in [0.1, 0.15) is 0 Å². The van der Waals surface area contributed by atoms with E-state index in [2.05, 4.69) is 12.2 Å². The Kier molecular flexibility index (Phi) is 4.35. The molecule has 19 heavy (non-hydrogen) atoms. The van der Waals surface area contributed by atoms with E-state index >= 15 is 0 Å². The maximum Gasteiger partial charge on any atom is 0.0819 e. The molecular weight excluding hydrogens is 236 g/mol. The van der Waals surface area contributed by atoms with Crippen molar-refractivity contribution < 1.29 is 5.11 Å². The zero-order valence-electron chi connectivity index (χ0n) is 12.1. The minimum atomic E-state index is -0.553. The van der Waals surface area contributed by atoms with Gasteiger partial charge < -0.3 is 16.2 Å². The molecule has 1 aliphatic rings. The molecule has 1 saturated carbocycles. The van der Waals surface area contributed by atoms with Gasteiger partial charge in [0.25, 0.3) is 0 Å². The van der Waals surface area contributed by atoms with Gasteiger partial charge in [-0.1, -0.05) is 19.4 Å². The van der Waals surface area contributed by atoms with Gasteiger partial charge >= 0.3 is 0 Å². The molecule has 2 rings (SSSR count). The van der Waals surface area contributed by atoms with Gasteiger partial charge in [-0.25, -0.2) is 0 Å². The molecule has 0 atom stereocenters. The van der Waals surface area contributed by atoms with Gasteiger partial charge in [-0.2, -0.15) is 0 Å². The third-order valence-corrected chi connectivity index (χ3v) is 4.60. The summed E-state index contributed by atoms with van der Waals surface area (Å²) in [6.45, 7) is 4.87. The number of anilines is 2. The third kappa shape index (κ3) is 3.41. The highest BCUT2D eigenvalue weighted by molar-refractivity contribution is 5.62. The highest BCUT2D eigenvalue weighted by Crippen LogP contribution is 2.34. The predicted octanol–water partition coefficient (Wildman–Crippen LogP) is 3.32. The molecular formula is C16H26N2O. The van der Waals surface area contributed by atoms with Crippen LogP contribution in [0.1, 0.15) is 44.6 Å². The summed E-state index contributed by atoms with van der Waals surface area (Å²) in [6.07, 6.45) is 5.33. The standard InChI is InChI=1S/C16H26N2O/c1-3-13-7-9-16(19,10-8-13)11-18-15-6-4-5-14(17)12(15)2/h4-6,13,18-19H,3,7-11,17H2,1-2H3. The van der Waals surface area contributed by atoms with E-state index in [4.69, 9.17) is 5.73 Å². The summed E-state index contributed by atoms with van der Waals surface area (Å²) in [5.74, 6) is 0.800. The Balaban J connectivity index is 1.93. The van der Waals surface area contributed by atoms with Gasteiger partial charge in [-0.15, -0.1) is 0 Å². The smallest absolute Gasteiger partial charge is 0.0819 e. The van der Waals surface area contributed by atoms with E-state index in [0.29, 0.717) is 6.54 Å². The van der Waals surface area contributed by atoms with E-state index in [9.17, 15) is 5.11 Å². The molecule has 0 aromatic heterocycles. The highest BCUT2D eigenvalue weighted by atomic mass is 16.3. The van der Waals surface area contributed by atoms with Crippen LogP contribution in [0.5, 0.6) is 0 Å². The van der Waals surface area contributed by atoms with Crippen molar-refractivity contribution in [1.82, 2.24) is 0 Å². The number of nitrogens with two attached hydrogens (primary N) is 1. The molecule has 0 aliphatic heterocycles. The van der Waals surface area contributed by atoms with Crippen LogP contribution in [-0.2, 0) is 0 Å². The molecule has 0 heterocycles. The number of hydrogen-bond acceptors (Lipinski definition) is 3. The van der Waals surface area contributed by atoms with E-state index in [0.717, 1.165) is 48.5 Å². The van der Waals surface area contributed by atoms with Gasteiger partial charge in [0.15, 0.2) is 0 Å². The lowest BCUT2D eigenvalue weighted by Crippen LogP contribution is -2.40. The Labute approximate surface area is 116 Å². The fourth-order valence-corrected chi connectivity index (χ4v) is 2.90. The second kappa shape index (κ2) is 5.83. The number of nitrogen functional groups attached to an aromatic ring is 1. The number of nitrogens with one attached hydrogen (secondary N) is 1. The summed E-state index contributed by atoms with van der Waals surface area (Å²) in [6, 6.07) is 5.87. The molecule has 1 aliphatic carbocycles. The van der Waals surface area contributed by atoms with Gasteiger partial charge in [0.05, 0.1) is 5.60 Å². The van der Waals surface area contributed by atoms with Gasteiger partial charge in [0.2, 0.25) is 0 Å². The Morgan fingerprint density at radius 3 is 2.68 bits per heavy atom. The van der Waals surface area contributed by atoms with Crippen LogP contribution in [-0.4, -0.2) is 17.3 Å². The summed E-state index contributed by atoms with van der Waals surface area (Å²) in [5.41, 5.74) is 8.24. The summed E-state index contributed by atoms with van der Waals surface area (Å²) in [5, 5.41) is 14.0. The largest absolute Gasteiger partial charge is 0.398 e. The van der Waals surface area contributed by atoms with Crippen molar-refractivity contribution >= 4 is 11.4 Å². The normalized spacial score (nSPS) is 27.2. The molecule has 4 N–H and O–H groups in total. The van der Waals surface area contributed by atoms with Crippen molar-refractivity contribution in [1.29, 1.82) is 0 Å².